The predicted molar refractivity (Wildman–Crippen MR) is 175 cm³/mol. The van der Waals surface area contributed by atoms with Crippen LogP contribution in [0.3, 0.4) is 0 Å². The second-order valence-electron chi connectivity index (χ2n) is 12.3. The van der Waals surface area contributed by atoms with Crippen molar-refractivity contribution >= 4 is 41.7 Å². The van der Waals surface area contributed by atoms with Crippen LogP contribution in [0.1, 0.15) is 106 Å². The number of hydrogen-bond acceptors (Lipinski definition) is 5. The first-order valence-electron chi connectivity index (χ1n) is 15.4. The molecule has 0 aliphatic carbocycles. The number of hydrogen-bond donors (Lipinski definition) is 9. The van der Waals surface area contributed by atoms with E-state index < -0.39 is 30.1 Å². The lowest BCUT2D eigenvalue weighted by Gasteiger charge is -2.08. The van der Waals surface area contributed by atoms with Crippen molar-refractivity contribution in [3.05, 3.63) is 88.7 Å². The van der Waals surface area contributed by atoms with Crippen molar-refractivity contribution in [2.24, 2.45) is 0 Å². The standard InChI is InChI=1S/C35H40N4O8/c1-14-20(7-9-28(42)43)25-13-26-21(8-10-29(44)45)15(2)23(37-26)12-27-30(18(5)40)17(4)33(39-27)32(35(46)47)34-31(19(6)41)16(3)24(38-34)11-22(14)36-25/h11-13,18-19,36-41H,7-10H2,1-6H3,(H,42,43)(H,44,45)(H,46,47). The zero-order valence-electron chi connectivity index (χ0n) is 27.2. The number of carbonyl (C=O) groups is 3. The summed E-state index contributed by atoms with van der Waals surface area (Å²) in [5.41, 5.74) is 7.08. The lowest BCUT2D eigenvalue weighted by atomic mass is 9.99. The molecule has 1 aliphatic heterocycles. The molecule has 0 aromatic carbocycles. The SMILES string of the molecule is Cc1c2[nH]c(c1CCC(=O)O)C=c1[nH]c(c(C)c1CCC(=O)O)=Cc1[nH]c(c(C)c1C(C)O)C(C(=O)O)=c1[nH]c(c(C)c1C(C)O)=C2. The Bertz CT molecular complexity index is 2190. The number of aliphatic carboxylic acids is 3. The van der Waals surface area contributed by atoms with Crippen LogP contribution in [0.2, 0.25) is 0 Å². The molecule has 4 aromatic rings. The van der Waals surface area contributed by atoms with Gasteiger partial charge in [-0.3, -0.25) is 9.59 Å². The fourth-order valence-electron chi connectivity index (χ4n) is 6.80. The van der Waals surface area contributed by atoms with Crippen LogP contribution in [0.15, 0.2) is 0 Å². The Morgan fingerprint density at radius 2 is 1.17 bits per heavy atom. The van der Waals surface area contributed by atoms with Gasteiger partial charge >= 0.3 is 17.9 Å². The topological polar surface area (TPSA) is 216 Å². The maximum atomic E-state index is 13.0. The van der Waals surface area contributed by atoms with Crippen LogP contribution in [-0.4, -0.2) is 63.4 Å². The first-order valence-corrected chi connectivity index (χ1v) is 15.4. The molecule has 2 unspecified atom stereocenters. The first-order chi connectivity index (χ1) is 22.1. The van der Waals surface area contributed by atoms with E-state index in [1.807, 2.05) is 26.0 Å². The second-order valence-corrected chi connectivity index (χ2v) is 12.3. The molecule has 9 N–H and O–H groups in total. The minimum atomic E-state index is -1.24. The van der Waals surface area contributed by atoms with Crippen molar-refractivity contribution in [3.63, 3.8) is 0 Å². The molecular formula is C35H40N4O8. The van der Waals surface area contributed by atoms with E-state index in [4.69, 9.17) is 0 Å². The number of nitrogens with one attached hydrogen (secondary N) is 4. The van der Waals surface area contributed by atoms with Gasteiger partial charge in [-0.25, -0.2) is 4.79 Å². The number of aliphatic hydroxyl groups excluding tert-OH is 2. The molecule has 0 spiro atoms. The van der Waals surface area contributed by atoms with Crippen molar-refractivity contribution in [1.82, 2.24) is 19.9 Å². The van der Waals surface area contributed by atoms with Crippen LogP contribution < -0.4 is 21.4 Å². The molecule has 8 bridgehead atoms. The molecule has 2 atom stereocenters. The Labute approximate surface area is 269 Å². The fourth-order valence-corrected chi connectivity index (χ4v) is 6.80. The molecule has 0 radical (unpaired) electrons. The molecule has 12 heteroatoms. The molecule has 1 aliphatic rings. The van der Waals surface area contributed by atoms with E-state index in [1.165, 1.54) is 0 Å². The number of fused-ring (bicyclic) bond motifs is 8. The molecule has 0 saturated heterocycles. The third kappa shape index (κ3) is 6.09. The molecule has 12 nitrogen and oxygen atoms in total. The predicted octanol–water partition coefficient (Wildman–Crippen LogP) is 1.46. The van der Waals surface area contributed by atoms with Gasteiger partial charge in [-0.2, -0.15) is 0 Å². The van der Waals surface area contributed by atoms with Crippen LogP contribution in [0, 0.1) is 27.7 Å². The smallest absolute Gasteiger partial charge is 0.339 e. The van der Waals surface area contributed by atoms with Crippen molar-refractivity contribution < 1.29 is 39.9 Å². The average Bonchev–Trinajstić information content (AvgIpc) is 3.64. The molecule has 0 fully saturated rings. The van der Waals surface area contributed by atoms with Gasteiger partial charge in [-0.05, 0) is 106 Å². The number of carboxylic acids is 3. The van der Waals surface area contributed by atoms with Crippen LogP contribution >= 0.6 is 0 Å². The first kappa shape index (κ1) is 33.3. The van der Waals surface area contributed by atoms with E-state index in [-0.39, 0.29) is 42.3 Å². The minimum Gasteiger partial charge on any atom is -0.481 e. The maximum Gasteiger partial charge on any atom is 0.339 e. The summed E-state index contributed by atoms with van der Waals surface area (Å²) in [6, 6.07) is 0. The highest BCUT2D eigenvalue weighted by atomic mass is 16.4. The zero-order chi connectivity index (χ0) is 34.5. The van der Waals surface area contributed by atoms with E-state index in [0.717, 1.165) is 22.3 Å². The fraction of sp³-hybridized carbons (Fsp3) is 0.343. The van der Waals surface area contributed by atoms with Gasteiger partial charge in [-0.1, -0.05) is 0 Å². The molecule has 248 valence electrons. The number of rotatable bonds is 9. The lowest BCUT2D eigenvalue weighted by molar-refractivity contribution is -0.138. The van der Waals surface area contributed by atoms with E-state index in [9.17, 15) is 39.9 Å². The molecule has 4 aromatic heterocycles. The van der Waals surface area contributed by atoms with Gasteiger partial charge < -0.3 is 45.5 Å². The number of aliphatic hydroxyl groups is 2. The van der Waals surface area contributed by atoms with Gasteiger partial charge in [-0.15, -0.1) is 0 Å². The molecule has 5 heterocycles. The van der Waals surface area contributed by atoms with Crippen molar-refractivity contribution in [1.29, 1.82) is 0 Å². The lowest BCUT2D eigenvalue weighted by Crippen LogP contribution is -2.23. The van der Waals surface area contributed by atoms with Gasteiger partial charge in [0.1, 0.15) is 5.57 Å². The third-order valence-electron chi connectivity index (χ3n) is 9.16. The van der Waals surface area contributed by atoms with Crippen LogP contribution in [0.4, 0.5) is 0 Å². The van der Waals surface area contributed by atoms with Crippen molar-refractivity contribution in [2.45, 2.75) is 79.4 Å². The van der Waals surface area contributed by atoms with E-state index in [0.29, 0.717) is 55.4 Å². The summed E-state index contributed by atoms with van der Waals surface area (Å²) >= 11 is 0. The minimum absolute atomic E-state index is 0.111. The van der Waals surface area contributed by atoms with E-state index in [2.05, 4.69) is 19.9 Å². The van der Waals surface area contributed by atoms with Gasteiger partial charge in [0.05, 0.1) is 23.3 Å². The highest BCUT2D eigenvalue weighted by Crippen LogP contribution is 2.30. The van der Waals surface area contributed by atoms with Crippen molar-refractivity contribution in [2.75, 3.05) is 0 Å². The van der Waals surface area contributed by atoms with E-state index >= 15 is 0 Å². The largest absolute Gasteiger partial charge is 0.481 e. The summed E-state index contributed by atoms with van der Waals surface area (Å²) in [7, 11) is 0. The van der Waals surface area contributed by atoms with Gasteiger partial charge in [0.15, 0.2) is 0 Å². The van der Waals surface area contributed by atoms with Gasteiger partial charge in [0.2, 0.25) is 0 Å². The van der Waals surface area contributed by atoms with Crippen molar-refractivity contribution in [3.8, 4) is 0 Å². The number of aromatic amines is 4. The number of H-pyrrole nitrogens is 4. The Morgan fingerprint density at radius 1 is 0.617 bits per heavy atom. The Morgan fingerprint density at radius 3 is 1.74 bits per heavy atom. The molecule has 47 heavy (non-hydrogen) atoms. The number of aromatic nitrogens is 4. The van der Waals surface area contributed by atoms with Crippen LogP contribution in [0.5, 0.6) is 0 Å². The van der Waals surface area contributed by atoms with E-state index in [1.54, 1.807) is 33.8 Å². The molecule has 0 amide bonds. The average molecular weight is 645 g/mol. The maximum absolute atomic E-state index is 13.0. The van der Waals surface area contributed by atoms with Crippen LogP contribution in [-0.2, 0) is 27.2 Å². The highest BCUT2D eigenvalue weighted by Gasteiger charge is 2.26. The normalized spacial score (nSPS) is 13.8. The molecular weight excluding hydrogens is 604 g/mol. The summed E-state index contributed by atoms with van der Waals surface area (Å²) in [5, 5.41) is 53.4. The summed E-state index contributed by atoms with van der Waals surface area (Å²) in [4.78, 5) is 49.5. The summed E-state index contributed by atoms with van der Waals surface area (Å²) in [5.74, 6) is -3.15. The summed E-state index contributed by atoms with van der Waals surface area (Å²) < 4.78 is 0. The zero-order valence-corrected chi connectivity index (χ0v) is 27.2. The quantitative estimate of drug-likeness (QED) is 0.130. The second kappa shape index (κ2) is 12.6. The molecule has 5 rings (SSSR count). The Kier molecular flexibility index (Phi) is 8.94. The highest BCUT2D eigenvalue weighted by molar-refractivity contribution is 6.15. The summed E-state index contributed by atoms with van der Waals surface area (Å²) in [6.07, 6.45) is 3.67. The number of carboxylic acid groups (broad SMARTS) is 3. The van der Waals surface area contributed by atoms with Gasteiger partial charge in [0.25, 0.3) is 0 Å². The monoisotopic (exact) mass is 644 g/mol. The summed E-state index contributed by atoms with van der Waals surface area (Å²) in [6.45, 7) is 10.4. The van der Waals surface area contributed by atoms with Crippen LogP contribution in [0.25, 0.3) is 23.8 Å². The Balaban J connectivity index is 2.02. The molecule has 0 saturated carbocycles. The third-order valence-corrected chi connectivity index (χ3v) is 9.16. The Hall–Kier alpha value is -5.07. The van der Waals surface area contributed by atoms with Gasteiger partial charge in [0, 0.05) is 57.1 Å².